The second-order valence-corrected chi connectivity index (χ2v) is 7.16. The van der Waals surface area contributed by atoms with Crippen LogP contribution in [-0.4, -0.2) is 20.4 Å². The zero-order valence-electron chi connectivity index (χ0n) is 17.4. The summed E-state index contributed by atoms with van der Waals surface area (Å²) in [6.07, 6.45) is 2.75. The molecule has 11 heteroatoms. The second-order valence-electron chi connectivity index (χ2n) is 7.16. The predicted octanol–water partition coefficient (Wildman–Crippen LogP) is 2.20. The van der Waals surface area contributed by atoms with E-state index in [1.807, 2.05) is 6.92 Å². The van der Waals surface area contributed by atoms with Gasteiger partial charge in [-0.3, -0.25) is 34.2 Å². The van der Waals surface area contributed by atoms with Gasteiger partial charge in [0.05, 0.1) is 24.2 Å². The molecule has 0 saturated carbocycles. The first-order valence-electron chi connectivity index (χ1n) is 10.0. The van der Waals surface area contributed by atoms with Crippen molar-refractivity contribution in [3.8, 4) is 0 Å². The van der Waals surface area contributed by atoms with Gasteiger partial charge < -0.3 is 10.2 Å². The SMILES string of the molecule is CCCCn1c(N)c(N(Cc2ccco2)C(=O)Cc2ccc([N+](=O)[O-])cc2)c(=O)[nH]c1=O. The number of hydrogen-bond acceptors (Lipinski definition) is 7. The molecule has 0 fully saturated rings. The number of amides is 1. The molecule has 0 saturated heterocycles. The van der Waals surface area contributed by atoms with Gasteiger partial charge in [-0.25, -0.2) is 4.79 Å². The number of nitrogens with zero attached hydrogens (tertiary/aromatic N) is 3. The molecule has 2 heterocycles. The average Bonchev–Trinajstić information content (AvgIpc) is 3.26. The third-order valence-electron chi connectivity index (χ3n) is 4.92. The van der Waals surface area contributed by atoms with Crippen molar-refractivity contribution in [2.75, 3.05) is 10.6 Å². The molecule has 11 nitrogen and oxygen atoms in total. The van der Waals surface area contributed by atoms with Crippen LogP contribution in [0, 0.1) is 10.1 Å². The lowest BCUT2D eigenvalue weighted by atomic mass is 10.1. The molecule has 0 aliphatic carbocycles. The zero-order chi connectivity index (χ0) is 23.3. The summed E-state index contributed by atoms with van der Waals surface area (Å²) in [5, 5.41) is 10.9. The van der Waals surface area contributed by atoms with Crippen molar-refractivity contribution in [3.63, 3.8) is 0 Å². The number of nitrogens with two attached hydrogens (primary N) is 1. The van der Waals surface area contributed by atoms with E-state index in [1.165, 1.54) is 35.1 Å². The van der Waals surface area contributed by atoms with Gasteiger partial charge in [-0.05, 0) is 24.1 Å². The van der Waals surface area contributed by atoms with Crippen molar-refractivity contribution in [1.29, 1.82) is 0 Å². The smallest absolute Gasteiger partial charge is 0.330 e. The number of nitrogen functional groups attached to an aromatic ring is 1. The van der Waals surface area contributed by atoms with Gasteiger partial charge in [0, 0.05) is 18.7 Å². The van der Waals surface area contributed by atoms with Gasteiger partial charge in [-0.2, -0.15) is 0 Å². The van der Waals surface area contributed by atoms with Gasteiger partial charge in [-0.15, -0.1) is 0 Å². The van der Waals surface area contributed by atoms with Crippen molar-refractivity contribution in [2.24, 2.45) is 0 Å². The number of benzene rings is 1. The molecule has 1 amide bonds. The molecule has 0 aliphatic rings. The Balaban J connectivity index is 2.01. The molecule has 0 unspecified atom stereocenters. The van der Waals surface area contributed by atoms with Gasteiger partial charge in [0.15, 0.2) is 5.69 Å². The van der Waals surface area contributed by atoms with E-state index in [0.717, 1.165) is 11.3 Å². The van der Waals surface area contributed by atoms with Gasteiger partial charge in [0.1, 0.15) is 11.6 Å². The van der Waals surface area contributed by atoms with Crippen molar-refractivity contribution >= 4 is 23.1 Å². The quantitative estimate of drug-likeness (QED) is 0.380. The molecule has 0 atom stereocenters. The van der Waals surface area contributed by atoms with Gasteiger partial charge in [0.25, 0.3) is 11.2 Å². The minimum Gasteiger partial charge on any atom is -0.467 e. The first-order chi connectivity index (χ1) is 15.3. The predicted molar refractivity (Wildman–Crippen MR) is 117 cm³/mol. The number of rotatable bonds is 9. The van der Waals surface area contributed by atoms with Crippen LogP contribution in [-0.2, 0) is 24.3 Å². The number of furan rings is 1. The van der Waals surface area contributed by atoms with Gasteiger partial charge >= 0.3 is 5.69 Å². The Labute approximate surface area is 182 Å². The van der Waals surface area contributed by atoms with E-state index in [2.05, 4.69) is 4.98 Å². The Bertz CT molecular complexity index is 1210. The summed E-state index contributed by atoms with van der Waals surface area (Å²) < 4.78 is 6.57. The van der Waals surface area contributed by atoms with Crippen LogP contribution < -0.4 is 21.9 Å². The summed E-state index contributed by atoms with van der Waals surface area (Å²) >= 11 is 0. The number of hydrogen-bond donors (Lipinski definition) is 2. The highest BCUT2D eigenvalue weighted by atomic mass is 16.6. The standard InChI is InChI=1S/C21H23N5O6/c1-2-3-10-24-19(22)18(20(28)23-21(24)29)25(13-16-5-4-11-32-16)17(27)12-14-6-8-15(9-7-14)26(30)31/h4-9,11H,2-3,10,12-13,22H2,1H3,(H,23,28,29). The molecule has 0 spiro atoms. The Kier molecular flexibility index (Phi) is 6.88. The fraction of sp³-hybridized carbons (Fsp3) is 0.286. The molecule has 3 N–H and O–H groups in total. The van der Waals surface area contributed by atoms with Crippen molar-refractivity contribution in [2.45, 2.75) is 39.3 Å². The van der Waals surface area contributed by atoms with Crippen LogP contribution >= 0.6 is 0 Å². The zero-order valence-corrected chi connectivity index (χ0v) is 17.4. The molecule has 168 valence electrons. The lowest BCUT2D eigenvalue weighted by Crippen LogP contribution is -2.41. The van der Waals surface area contributed by atoms with Crippen molar-refractivity contribution in [3.05, 3.63) is 84.9 Å². The van der Waals surface area contributed by atoms with Crippen LogP contribution in [0.15, 0.2) is 56.7 Å². The number of anilines is 2. The number of nitro benzene ring substituents is 1. The fourth-order valence-corrected chi connectivity index (χ4v) is 3.23. The number of nitrogens with one attached hydrogen (secondary N) is 1. The van der Waals surface area contributed by atoms with Crippen LogP contribution in [0.25, 0.3) is 0 Å². The monoisotopic (exact) mass is 441 g/mol. The molecule has 0 bridgehead atoms. The van der Waals surface area contributed by atoms with E-state index in [0.29, 0.717) is 17.7 Å². The molecular formula is C21H23N5O6. The number of carbonyl (C=O) groups is 1. The first-order valence-corrected chi connectivity index (χ1v) is 10.0. The summed E-state index contributed by atoms with van der Waals surface area (Å²) in [5.74, 6) is -0.198. The molecule has 1 aromatic carbocycles. The minimum absolute atomic E-state index is 0.0852. The number of H-pyrrole nitrogens is 1. The highest BCUT2D eigenvalue weighted by Crippen LogP contribution is 2.22. The average molecular weight is 441 g/mol. The van der Waals surface area contributed by atoms with Crippen LogP contribution in [0.5, 0.6) is 0 Å². The summed E-state index contributed by atoms with van der Waals surface area (Å²) in [7, 11) is 0. The highest BCUT2D eigenvalue weighted by Gasteiger charge is 2.25. The van der Waals surface area contributed by atoms with Crippen LogP contribution in [0.2, 0.25) is 0 Å². The normalized spacial score (nSPS) is 10.8. The number of unbranched alkanes of at least 4 members (excludes halogenated alkanes) is 1. The minimum atomic E-state index is -0.788. The van der Waals surface area contributed by atoms with E-state index in [9.17, 15) is 24.5 Å². The molecule has 2 aromatic heterocycles. The van der Waals surface area contributed by atoms with E-state index < -0.39 is 22.1 Å². The lowest BCUT2D eigenvalue weighted by Gasteiger charge is -2.24. The largest absolute Gasteiger partial charge is 0.467 e. The van der Waals surface area contributed by atoms with Crippen LogP contribution in [0.1, 0.15) is 31.1 Å². The third-order valence-corrected chi connectivity index (χ3v) is 4.92. The summed E-state index contributed by atoms with van der Waals surface area (Å²) in [6, 6.07) is 8.82. The van der Waals surface area contributed by atoms with E-state index in [1.54, 1.807) is 12.1 Å². The number of aromatic amines is 1. The third kappa shape index (κ3) is 4.94. The van der Waals surface area contributed by atoms with Crippen molar-refractivity contribution < 1.29 is 14.1 Å². The molecule has 32 heavy (non-hydrogen) atoms. The number of nitro groups is 1. The lowest BCUT2D eigenvalue weighted by molar-refractivity contribution is -0.384. The number of non-ortho nitro benzene ring substituents is 1. The second kappa shape index (κ2) is 9.77. The van der Waals surface area contributed by atoms with Crippen LogP contribution in [0.3, 0.4) is 0 Å². The van der Waals surface area contributed by atoms with E-state index in [4.69, 9.17) is 10.2 Å². The Hall–Kier alpha value is -4.15. The van der Waals surface area contributed by atoms with E-state index >= 15 is 0 Å². The first kappa shape index (κ1) is 22.5. The Morgan fingerprint density at radius 1 is 1.25 bits per heavy atom. The Morgan fingerprint density at radius 2 is 1.97 bits per heavy atom. The van der Waals surface area contributed by atoms with Gasteiger partial charge in [0.2, 0.25) is 5.91 Å². The maximum atomic E-state index is 13.2. The molecule has 0 radical (unpaired) electrons. The molecule has 3 rings (SSSR count). The van der Waals surface area contributed by atoms with Gasteiger partial charge in [-0.1, -0.05) is 25.5 Å². The maximum absolute atomic E-state index is 13.2. The van der Waals surface area contributed by atoms with E-state index in [-0.39, 0.29) is 36.7 Å². The number of aromatic nitrogens is 2. The topological polar surface area (TPSA) is 157 Å². The van der Waals surface area contributed by atoms with Crippen LogP contribution in [0.4, 0.5) is 17.2 Å². The maximum Gasteiger partial charge on any atom is 0.330 e. The summed E-state index contributed by atoms with van der Waals surface area (Å²) in [6.45, 7) is 2.15. The fourth-order valence-electron chi connectivity index (χ4n) is 3.23. The summed E-state index contributed by atoms with van der Waals surface area (Å²) in [5.41, 5.74) is 5.01. The Morgan fingerprint density at radius 3 is 2.56 bits per heavy atom. The molecule has 0 aliphatic heterocycles. The molecular weight excluding hydrogens is 418 g/mol. The molecule has 3 aromatic rings. The summed E-state index contributed by atoms with van der Waals surface area (Å²) in [4.78, 5) is 51.9. The number of carbonyl (C=O) groups excluding carboxylic acids is 1. The highest BCUT2D eigenvalue weighted by molar-refractivity contribution is 5.96. The van der Waals surface area contributed by atoms with Crippen molar-refractivity contribution in [1.82, 2.24) is 9.55 Å².